The molecular formula is C27H34N4O2. The summed E-state index contributed by atoms with van der Waals surface area (Å²) in [4.78, 5) is 15.8. The van der Waals surface area contributed by atoms with Gasteiger partial charge in [0.15, 0.2) is 0 Å². The van der Waals surface area contributed by atoms with Crippen LogP contribution in [0, 0.1) is 13.8 Å². The van der Waals surface area contributed by atoms with E-state index in [4.69, 9.17) is 4.74 Å². The first-order valence-corrected chi connectivity index (χ1v) is 11.8. The van der Waals surface area contributed by atoms with Gasteiger partial charge >= 0.3 is 0 Å². The van der Waals surface area contributed by atoms with Crippen LogP contribution in [0.5, 0.6) is 5.75 Å². The lowest BCUT2D eigenvalue weighted by Gasteiger charge is -2.35. The summed E-state index contributed by atoms with van der Waals surface area (Å²) in [5.74, 6) is 0.789. The molecule has 0 spiro atoms. The Bertz CT molecular complexity index is 1050. The van der Waals surface area contributed by atoms with Crippen LogP contribution < -0.4 is 10.1 Å². The molecule has 2 heterocycles. The van der Waals surface area contributed by atoms with Crippen molar-refractivity contribution in [1.82, 2.24) is 20.0 Å². The average molecular weight is 447 g/mol. The first-order chi connectivity index (χ1) is 16.1. The Morgan fingerprint density at radius 1 is 1.03 bits per heavy atom. The summed E-state index contributed by atoms with van der Waals surface area (Å²) in [5.41, 5.74) is 4.71. The van der Waals surface area contributed by atoms with Crippen molar-refractivity contribution in [3.05, 3.63) is 82.7 Å². The molecule has 0 aliphatic carbocycles. The number of hydrogen-bond acceptors (Lipinski definition) is 4. The molecule has 0 bridgehead atoms. The molecule has 3 aromatic rings. The van der Waals surface area contributed by atoms with Crippen molar-refractivity contribution in [1.29, 1.82) is 0 Å². The lowest BCUT2D eigenvalue weighted by molar-refractivity contribution is 0.0923. The molecule has 1 N–H and O–H groups in total. The molecule has 1 unspecified atom stereocenters. The van der Waals surface area contributed by atoms with E-state index in [1.165, 1.54) is 30.4 Å². The number of benzene rings is 2. The largest absolute Gasteiger partial charge is 0.497 e. The van der Waals surface area contributed by atoms with Gasteiger partial charge in [-0.3, -0.25) is 14.4 Å². The zero-order chi connectivity index (χ0) is 23.2. The van der Waals surface area contributed by atoms with Gasteiger partial charge in [-0.1, -0.05) is 48.9 Å². The van der Waals surface area contributed by atoms with Gasteiger partial charge in [-0.15, -0.1) is 0 Å². The topological polar surface area (TPSA) is 59.4 Å². The van der Waals surface area contributed by atoms with E-state index in [0.29, 0.717) is 18.7 Å². The lowest BCUT2D eigenvalue weighted by atomic mass is 10.0. The fraction of sp³-hybridized carbons (Fsp3) is 0.407. The fourth-order valence-electron chi connectivity index (χ4n) is 4.73. The Labute approximate surface area is 196 Å². The van der Waals surface area contributed by atoms with E-state index in [-0.39, 0.29) is 11.9 Å². The van der Waals surface area contributed by atoms with Crippen LogP contribution in [0.3, 0.4) is 0 Å². The van der Waals surface area contributed by atoms with Crippen molar-refractivity contribution in [2.45, 2.75) is 45.7 Å². The minimum atomic E-state index is -0.0557. The maximum Gasteiger partial charge on any atom is 0.255 e. The molecule has 6 heteroatoms. The average Bonchev–Trinajstić information content (AvgIpc) is 3.13. The number of piperidine rings is 1. The number of ether oxygens (including phenoxy) is 1. The first-order valence-electron chi connectivity index (χ1n) is 11.8. The van der Waals surface area contributed by atoms with E-state index >= 15 is 0 Å². The van der Waals surface area contributed by atoms with Gasteiger partial charge in [0.25, 0.3) is 5.91 Å². The maximum absolute atomic E-state index is 13.3. The quantitative estimate of drug-likeness (QED) is 0.553. The van der Waals surface area contributed by atoms with E-state index in [9.17, 15) is 4.79 Å². The van der Waals surface area contributed by atoms with Crippen molar-refractivity contribution < 1.29 is 9.53 Å². The second-order valence-electron chi connectivity index (χ2n) is 8.78. The third-order valence-electron chi connectivity index (χ3n) is 6.57. The molecule has 6 nitrogen and oxygen atoms in total. The Morgan fingerprint density at radius 2 is 1.73 bits per heavy atom. The summed E-state index contributed by atoms with van der Waals surface area (Å²) in [6.07, 6.45) is 3.67. The summed E-state index contributed by atoms with van der Waals surface area (Å²) >= 11 is 0. The normalized spacial score (nSPS) is 15.2. The molecule has 0 radical (unpaired) electrons. The minimum absolute atomic E-state index is 0.0557. The molecule has 1 aliphatic heterocycles. The van der Waals surface area contributed by atoms with Crippen molar-refractivity contribution in [3.8, 4) is 5.75 Å². The molecule has 33 heavy (non-hydrogen) atoms. The molecule has 1 fully saturated rings. The Balaban J connectivity index is 1.50. The van der Waals surface area contributed by atoms with Crippen LogP contribution in [0.1, 0.15) is 58.2 Å². The molecule has 1 aromatic heterocycles. The SMILES string of the molecule is COc1ccc(C(CNC(=O)c2c(C)nn(Cc3ccccc3)c2C)N2CCCCC2)cc1. The molecule has 1 amide bonds. The summed E-state index contributed by atoms with van der Waals surface area (Å²) in [5, 5.41) is 7.87. The highest BCUT2D eigenvalue weighted by Gasteiger charge is 2.25. The van der Waals surface area contributed by atoms with Gasteiger partial charge in [-0.2, -0.15) is 5.10 Å². The molecular weight excluding hydrogens is 412 g/mol. The molecule has 1 aliphatic rings. The number of amides is 1. The smallest absolute Gasteiger partial charge is 0.255 e. The molecule has 1 atom stereocenters. The number of carbonyl (C=O) groups excluding carboxylic acids is 1. The minimum Gasteiger partial charge on any atom is -0.497 e. The van der Waals surface area contributed by atoms with Crippen LogP contribution in [0.2, 0.25) is 0 Å². The summed E-state index contributed by atoms with van der Waals surface area (Å²) < 4.78 is 7.25. The number of aromatic nitrogens is 2. The van der Waals surface area contributed by atoms with Gasteiger partial charge in [0.2, 0.25) is 0 Å². The van der Waals surface area contributed by atoms with E-state index in [0.717, 1.165) is 30.2 Å². The zero-order valence-electron chi connectivity index (χ0n) is 19.9. The van der Waals surface area contributed by atoms with Gasteiger partial charge < -0.3 is 10.1 Å². The maximum atomic E-state index is 13.3. The Hall–Kier alpha value is -3.12. The highest BCUT2D eigenvalue weighted by Crippen LogP contribution is 2.26. The van der Waals surface area contributed by atoms with Gasteiger partial charge in [-0.25, -0.2) is 0 Å². The second kappa shape index (κ2) is 10.7. The van der Waals surface area contributed by atoms with Crippen LogP contribution in [0.25, 0.3) is 0 Å². The van der Waals surface area contributed by atoms with Crippen molar-refractivity contribution in [3.63, 3.8) is 0 Å². The number of aryl methyl sites for hydroxylation is 1. The van der Waals surface area contributed by atoms with E-state index < -0.39 is 0 Å². The van der Waals surface area contributed by atoms with E-state index in [1.807, 2.05) is 48.9 Å². The second-order valence-corrected chi connectivity index (χ2v) is 8.78. The lowest BCUT2D eigenvalue weighted by Crippen LogP contribution is -2.40. The predicted octanol–water partition coefficient (Wildman–Crippen LogP) is 4.51. The van der Waals surface area contributed by atoms with E-state index in [2.05, 4.69) is 39.6 Å². The third-order valence-corrected chi connectivity index (χ3v) is 6.57. The van der Waals surface area contributed by atoms with Crippen LogP contribution >= 0.6 is 0 Å². The van der Waals surface area contributed by atoms with Crippen LogP contribution in [0.15, 0.2) is 54.6 Å². The first kappa shape index (κ1) is 23.1. The predicted molar refractivity (Wildman–Crippen MR) is 131 cm³/mol. The van der Waals surface area contributed by atoms with Crippen LogP contribution in [-0.2, 0) is 6.54 Å². The third kappa shape index (κ3) is 5.45. The van der Waals surface area contributed by atoms with Crippen LogP contribution in [-0.4, -0.2) is 47.3 Å². The molecule has 0 saturated carbocycles. The number of nitrogens with zero attached hydrogens (tertiary/aromatic N) is 3. The number of hydrogen-bond donors (Lipinski definition) is 1. The number of likely N-dealkylation sites (tertiary alicyclic amines) is 1. The fourth-order valence-corrected chi connectivity index (χ4v) is 4.73. The Kier molecular flexibility index (Phi) is 7.45. The van der Waals surface area contributed by atoms with Gasteiger partial charge in [0, 0.05) is 12.2 Å². The van der Waals surface area contributed by atoms with Crippen LogP contribution in [0.4, 0.5) is 0 Å². The van der Waals surface area contributed by atoms with Gasteiger partial charge in [0.05, 0.1) is 31.0 Å². The van der Waals surface area contributed by atoms with Crippen molar-refractivity contribution in [2.75, 3.05) is 26.7 Å². The zero-order valence-corrected chi connectivity index (χ0v) is 19.9. The number of carbonyl (C=O) groups is 1. The van der Waals surface area contributed by atoms with Gasteiger partial charge in [0.1, 0.15) is 5.75 Å². The standard InChI is InChI=1S/C27H34N4O2/c1-20-26(21(2)31(29-20)19-22-10-6-4-7-11-22)27(32)28-18-25(30-16-8-5-9-17-30)23-12-14-24(33-3)15-13-23/h4,6-7,10-15,25H,5,8-9,16-19H2,1-3H3,(H,28,32). The highest BCUT2D eigenvalue weighted by atomic mass is 16.5. The summed E-state index contributed by atoms with van der Waals surface area (Å²) in [7, 11) is 1.68. The number of rotatable bonds is 8. The molecule has 174 valence electrons. The highest BCUT2D eigenvalue weighted by molar-refractivity contribution is 5.96. The van der Waals surface area contributed by atoms with Gasteiger partial charge in [-0.05, 0) is 63.0 Å². The van der Waals surface area contributed by atoms with Crippen molar-refractivity contribution >= 4 is 5.91 Å². The number of methoxy groups -OCH3 is 1. The monoisotopic (exact) mass is 446 g/mol. The molecule has 1 saturated heterocycles. The molecule has 2 aromatic carbocycles. The Morgan fingerprint density at radius 3 is 2.39 bits per heavy atom. The summed E-state index contributed by atoms with van der Waals surface area (Å²) in [6, 6.07) is 18.6. The van der Waals surface area contributed by atoms with E-state index in [1.54, 1.807) is 7.11 Å². The summed E-state index contributed by atoms with van der Waals surface area (Å²) in [6.45, 7) is 7.22. The number of nitrogens with one attached hydrogen (secondary N) is 1. The van der Waals surface area contributed by atoms with Crippen molar-refractivity contribution in [2.24, 2.45) is 0 Å². The molecule has 4 rings (SSSR count).